The first-order valence-corrected chi connectivity index (χ1v) is 11.7. The Hall–Kier alpha value is -3.91. The van der Waals surface area contributed by atoms with Crippen molar-refractivity contribution in [1.82, 2.24) is 5.32 Å². The van der Waals surface area contributed by atoms with Crippen molar-refractivity contribution in [3.05, 3.63) is 83.4 Å². The summed E-state index contributed by atoms with van der Waals surface area (Å²) in [5.41, 5.74) is -1.08. The van der Waals surface area contributed by atoms with E-state index in [1.165, 1.54) is 14.2 Å². The van der Waals surface area contributed by atoms with Crippen LogP contribution in [0.15, 0.2) is 66.7 Å². The van der Waals surface area contributed by atoms with Crippen LogP contribution in [0.2, 0.25) is 0 Å². The molecule has 36 heavy (non-hydrogen) atoms. The molecule has 4 atom stereocenters. The van der Waals surface area contributed by atoms with Gasteiger partial charge in [0, 0.05) is 25.1 Å². The number of fused-ring (bicyclic) bond motifs is 3. The maximum atomic E-state index is 12.8. The third-order valence-electron chi connectivity index (χ3n) is 7.29. The van der Waals surface area contributed by atoms with Gasteiger partial charge in [0.05, 0.1) is 26.9 Å². The molecule has 1 heterocycles. The van der Waals surface area contributed by atoms with Gasteiger partial charge < -0.3 is 34.1 Å². The smallest absolute Gasteiger partial charge is 0.407 e. The van der Waals surface area contributed by atoms with Crippen molar-refractivity contribution in [3.63, 3.8) is 0 Å². The van der Waals surface area contributed by atoms with Gasteiger partial charge in [-0.05, 0) is 29.7 Å². The standard InChI is InChI=1S/C28H29NO7/c1-29-26(30)35-24-16-21(17-8-6-5-7-9-17)28(18-10-12-19(32-2)13-11-18)27(24,31)25-22(34-4)14-20(33-3)15-23(25)36-28/h5-15,21,24,31H,16H2,1-4H3,(H,29,30)/t21-,24+,27+,28-/m0/s1. The molecule has 8 nitrogen and oxygen atoms in total. The van der Waals surface area contributed by atoms with E-state index in [0.717, 1.165) is 5.56 Å². The molecule has 5 rings (SSSR count). The fourth-order valence-corrected chi connectivity index (χ4v) is 5.72. The molecule has 0 unspecified atom stereocenters. The summed E-state index contributed by atoms with van der Waals surface area (Å²) in [4.78, 5) is 12.5. The molecular formula is C28H29NO7. The van der Waals surface area contributed by atoms with Crippen LogP contribution in [0.25, 0.3) is 0 Å². The minimum Gasteiger partial charge on any atom is -0.497 e. The summed E-state index contributed by atoms with van der Waals surface area (Å²) in [6.07, 6.45) is -1.28. The number of hydrogen-bond donors (Lipinski definition) is 2. The SMILES string of the molecule is CNC(=O)O[C@@H]1C[C@@H](c2ccccc2)[C@]2(c3ccc(OC)cc3)Oc3cc(OC)cc(OC)c3[C@]12O. The molecule has 1 amide bonds. The Morgan fingerprint density at radius 3 is 2.28 bits per heavy atom. The van der Waals surface area contributed by atoms with Gasteiger partial charge in [-0.15, -0.1) is 0 Å². The molecule has 0 bridgehead atoms. The van der Waals surface area contributed by atoms with E-state index in [4.69, 9.17) is 23.7 Å². The minimum atomic E-state index is -1.79. The van der Waals surface area contributed by atoms with Gasteiger partial charge in [0.25, 0.3) is 0 Å². The average molecular weight is 492 g/mol. The van der Waals surface area contributed by atoms with Crippen LogP contribution < -0.4 is 24.3 Å². The lowest BCUT2D eigenvalue weighted by molar-refractivity contribution is -0.150. The molecule has 3 aromatic carbocycles. The van der Waals surface area contributed by atoms with Gasteiger partial charge in [-0.2, -0.15) is 0 Å². The van der Waals surface area contributed by atoms with Crippen molar-refractivity contribution in [1.29, 1.82) is 0 Å². The highest BCUT2D eigenvalue weighted by atomic mass is 16.6. The number of hydrogen-bond acceptors (Lipinski definition) is 7. The zero-order valence-corrected chi connectivity index (χ0v) is 20.6. The third-order valence-corrected chi connectivity index (χ3v) is 7.29. The van der Waals surface area contributed by atoms with E-state index in [1.54, 1.807) is 26.4 Å². The lowest BCUT2D eigenvalue weighted by Crippen LogP contribution is -2.53. The van der Waals surface area contributed by atoms with Crippen molar-refractivity contribution in [2.75, 3.05) is 28.4 Å². The number of methoxy groups -OCH3 is 3. The number of nitrogens with one attached hydrogen (secondary N) is 1. The number of carbonyl (C=O) groups is 1. The Kier molecular flexibility index (Phi) is 5.92. The van der Waals surface area contributed by atoms with Crippen LogP contribution in [-0.2, 0) is 15.9 Å². The van der Waals surface area contributed by atoms with Crippen molar-refractivity contribution in [2.24, 2.45) is 0 Å². The first-order valence-electron chi connectivity index (χ1n) is 11.7. The molecule has 3 aromatic rings. The van der Waals surface area contributed by atoms with Gasteiger partial charge in [-0.25, -0.2) is 4.79 Å². The van der Waals surface area contributed by atoms with Crippen LogP contribution in [0.4, 0.5) is 4.79 Å². The largest absolute Gasteiger partial charge is 0.497 e. The molecule has 0 radical (unpaired) electrons. The van der Waals surface area contributed by atoms with Crippen molar-refractivity contribution < 1.29 is 33.6 Å². The topological polar surface area (TPSA) is 95.5 Å². The van der Waals surface area contributed by atoms with E-state index in [0.29, 0.717) is 40.5 Å². The summed E-state index contributed by atoms with van der Waals surface area (Å²) < 4.78 is 29.2. The normalized spacial score (nSPS) is 25.8. The third kappa shape index (κ3) is 3.28. The molecule has 8 heteroatoms. The van der Waals surface area contributed by atoms with Gasteiger partial charge in [0.1, 0.15) is 29.1 Å². The van der Waals surface area contributed by atoms with Crippen LogP contribution >= 0.6 is 0 Å². The van der Waals surface area contributed by atoms with Gasteiger partial charge >= 0.3 is 6.09 Å². The number of carbonyl (C=O) groups excluding carboxylic acids is 1. The first-order chi connectivity index (χ1) is 17.4. The predicted molar refractivity (Wildman–Crippen MR) is 132 cm³/mol. The van der Waals surface area contributed by atoms with E-state index in [2.05, 4.69) is 5.32 Å². The van der Waals surface area contributed by atoms with E-state index in [-0.39, 0.29) is 5.92 Å². The predicted octanol–water partition coefficient (Wildman–Crippen LogP) is 4.10. The summed E-state index contributed by atoms with van der Waals surface area (Å²) in [6, 6.07) is 20.6. The Bertz CT molecular complexity index is 1260. The second-order valence-corrected chi connectivity index (χ2v) is 8.88. The molecule has 0 aromatic heterocycles. The maximum Gasteiger partial charge on any atom is 0.407 e. The van der Waals surface area contributed by atoms with E-state index in [1.807, 2.05) is 54.6 Å². The maximum absolute atomic E-state index is 12.8. The number of aliphatic hydroxyl groups is 1. The van der Waals surface area contributed by atoms with Crippen LogP contribution in [0.3, 0.4) is 0 Å². The molecule has 2 N–H and O–H groups in total. The first kappa shape index (κ1) is 23.8. The number of ether oxygens (including phenoxy) is 5. The monoisotopic (exact) mass is 491 g/mol. The average Bonchev–Trinajstić information content (AvgIpc) is 3.33. The number of rotatable bonds is 6. The van der Waals surface area contributed by atoms with Gasteiger partial charge in [-0.3, -0.25) is 0 Å². The van der Waals surface area contributed by atoms with Crippen molar-refractivity contribution >= 4 is 6.09 Å². The van der Waals surface area contributed by atoms with Crippen LogP contribution in [0, 0.1) is 0 Å². The zero-order chi connectivity index (χ0) is 25.5. The summed E-state index contributed by atoms with van der Waals surface area (Å²) >= 11 is 0. The molecule has 1 fully saturated rings. The summed E-state index contributed by atoms with van der Waals surface area (Å²) in [5, 5.41) is 15.3. The molecule has 188 valence electrons. The molecule has 1 saturated carbocycles. The van der Waals surface area contributed by atoms with Crippen LogP contribution in [-0.4, -0.2) is 45.7 Å². The van der Waals surface area contributed by atoms with E-state index < -0.39 is 23.4 Å². The van der Waals surface area contributed by atoms with Crippen molar-refractivity contribution in [3.8, 4) is 23.0 Å². The molecule has 0 saturated heterocycles. The summed E-state index contributed by atoms with van der Waals surface area (Å²) in [7, 11) is 6.15. The minimum absolute atomic E-state index is 0.314. The number of alkyl carbamates (subject to hydrolysis) is 1. The number of benzene rings is 3. The second-order valence-electron chi connectivity index (χ2n) is 8.88. The highest BCUT2D eigenvalue weighted by Gasteiger charge is 2.75. The van der Waals surface area contributed by atoms with Gasteiger partial charge in [-0.1, -0.05) is 42.5 Å². The second kappa shape index (κ2) is 8.95. The van der Waals surface area contributed by atoms with E-state index in [9.17, 15) is 9.90 Å². The highest BCUT2D eigenvalue weighted by Crippen LogP contribution is 2.69. The molecule has 0 spiro atoms. The molecular weight excluding hydrogens is 462 g/mol. The zero-order valence-electron chi connectivity index (χ0n) is 20.6. The van der Waals surface area contributed by atoms with E-state index >= 15 is 0 Å². The van der Waals surface area contributed by atoms with Crippen molar-refractivity contribution in [2.45, 2.75) is 29.6 Å². The quantitative estimate of drug-likeness (QED) is 0.536. The Morgan fingerprint density at radius 2 is 1.67 bits per heavy atom. The van der Waals surface area contributed by atoms with Crippen LogP contribution in [0.5, 0.6) is 23.0 Å². The lowest BCUT2D eigenvalue weighted by Gasteiger charge is -2.41. The number of amides is 1. The Morgan fingerprint density at radius 1 is 0.972 bits per heavy atom. The molecule has 2 aliphatic rings. The van der Waals surface area contributed by atoms with Crippen LogP contribution in [0.1, 0.15) is 29.0 Å². The fourth-order valence-electron chi connectivity index (χ4n) is 5.72. The highest BCUT2D eigenvalue weighted by molar-refractivity contribution is 5.68. The molecule has 1 aliphatic carbocycles. The van der Waals surface area contributed by atoms with Gasteiger partial charge in [0.2, 0.25) is 0 Å². The van der Waals surface area contributed by atoms with Gasteiger partial charge in [0.15, 0.2) is 11.2 Å². The molecule has 1 aliphatic heterocycles. The fraction of sp³-hybridized carbons (Fsp3) is 0.321. The summed E-state index contributed by atoms with van der Waals surface area (Å²) in [6.45, 7) is 0. The lowest BCUT2D eigenvalue weighted by atomic mass is 9.71. The summed E-state index contributed by atoms with van der Waals surface area (Å²) in [5.74, 6) is 1.58. The Balaban J connectivity index is 1.82. The Labute approximate surface area is 209 Å².